The second-order valence-corrected chi connectivity index (χ2v) is 7.21. The molecule has 8 heteroatoms. The van der Waals surface area contributed by atoms with E-state index in [2.05, 4.69) is 20.5 Å². The Balaban J connectivity index is 1.48. The molecule has 164 valence electrons. The van der Waals surface area contributed by atoms with Gasteiger partial charge in [0.2, 0.25) is 0 Å². The van der Waals surface area contributed by atoms with Crippen molar-refractivity contribution >= 4 is 5.96 Å². The SMILES string of the molecule is CC(CN=C(NCCc1ccco1)NCCN1CCOCC1)Oc1cccc(F)c1. The number of furan rings is 1. The van der Waals surface area contributed by atoms with Crippen molar-refractivity contribution in [2.75, 3.05) is 52.5 Å². The van der Waals surface area contributed by atoms with Crippen LogP contribution >= 0.6 is 0 Å². The summed E-state index contributed by atoms with van der Waals surface area (Å²) in [7, 11) is 0. The topological polar surface area (TPSA) is 71.3 Å². The maximum absolute atomic E-state index is 13.3. The minimum atomic E-state index is -0.312. The molecule has 7 nitrogen and oxygen atoms in total. The number of nitrogens with one attached hydrogen (secondary N) is 2. The molecule has 0 spiro atoms. The number of guanidine groups is 1. The number of halogens is 1. The zero-order chi connectivity index (χ0) is 21.0. The van der Waals surface area contributed by atoms with Crippen molar-refractivity contribution in [2.45, 2.75) is 19.4 Å². The molecular formula is C22H31FN4O3. The molecule has 1 saturated heterocycles. The van der Waals surface area contributed by atoms with Crippen molar-refractivity contribution in [1.82, 2.24) is 15.5 Å². The van der Waals surface area contributed by atoms with E-state index in [4.69, 9.17) is 13.9 Å². The van der Waals surface area contributed by atoms with E-state index in [1.165, 1.54) is 12.1 Å². The van der Waals surface area contributed by atoms with Crippen molar-refractivity contribution in [2.24, 2.45) is 4.99 Å². The van der Waals surface area contributed by atoms with E-state index >= 15 is 0 Å². The molecule has 1 fully saturated rings. The molecule has 30 heavy (non-hydrogen) atoms. The predicted molar refractivity (Wildman–Crippen MR) is 114 cm³/mol. The molecule has 1 aliphatic heterocycles. The Morgan fingerprint density at radius 1 is 1.20 bits per heavy atom. The summed E-state index contributed by atoms with van der Waals surface area (Å²) in [5.41, 5.74) is 0. The average molecular weight is 419 g/mol. The molecule has 1 aromatic heterocycles. The van der Waals surface area contributed by atoms with Gasteiger partial charge in [0.1, 0.15) is 23.4 Å². The molecule has 0 bridgehead atoms. The van der Waals surface area contributed by atoms with Crippen LogP contribution in [0.25, 0.3) is 0 Å². The van der Waals surface area contributed by atoms with Gasteiger partial charge in [0.25, 0.3) is 0 Å². The van der Waals surface area contributed by atoms with Gasteiger partial charge in [-0.15, -0.1) is 0 Å². The van der Waals surface area contributed by atoms with Crippen LogP contribution in [0.15, 0.2) is 52.1 Å². The summed E-state index contributed by atoms with van der Waals surface area (Å²) < 4.78 is 29.9. The van der Waals surface area contributed by atoms with Crippen molar-refractivity contribution in [3.63, 3.8) is 0 Å². The first-order valence-corrected chi connectivity index (χ1v) is 10.5. The number of aliphatic imine (C=N–C) groups is 1. The monoisotopic (exact) mass is 418 g/mol. The summed E-state index contributed by atoms with van der Waals surface area (Å²) in [5, 5.41) is 6.73. The van der Waals surface area contributed by atoms with Crippen LogP contribution in [0.3, 0.4) is 0 Å². The number of morpholine rings is 1. The van der Waals surface area contributed by atoms with Gasteiger partial charge in [-0.3, -0.25) is 4.90 Å². The zero-order valence-electron chi connectivity index (χ0n) is 17.5. The van der Waals surface area contributed by atoms with Crippen molar-refractivity contribution in [1.29, 1.82) is 0 Å². The molecule has 2 N–H and O–H groups in total. The second kappa shape index (κ2) is 12.2. The Labute approximate surface area is 177 Å². The highest BCUT2D eigenvalue weighted by Crippen LogP contribution is 2.13. The number of ether oxygens (including phenoxy) is 2. The summed E-state index contributed by atoms with van der Waals surface area (Å²) in [6.07, 6.45) is 2.26. The van der Waals surface area contributed by atoms with Gasteiger partial charge in [-0.05, 0) is 31.2 Å². The fourth-order valence-corrected chi connectivity index (χ4v) is 3.12. The normalized spacial score (nSPS) is 16.3. The molecule has 1 unspecified atom stereocenters. The molecule has 1 aliphatic rings. The highest BCUT2D eigenvalue weighted by Gasteiger charge is 2.10. The van der Waals surface area contributed by atoms with Crippen LogP contribution < -0.4 is 15.4 Å². The summed E-state index contributed by atoms with van der Waals surface area (Å²) in [5.74, 6) is 1.85. The lowest BCUT2D eigenvalue weighted by atomic mass is 10.3. The Hall–Kier alpha value is -2.58. The highest BCUT2D eigenvalue weighted by atomic mass is 19.1. The number of nitrogens with zero attached hydrogens (tertiary/aromatic N) is 2. The van der Waals surface area contributed by atoms with Crippen LogP contribution in [0.2, 0.25) is 0 Å². The van der Waals surface area contributed by atoms with Gasteiger partial charge in [0.05, 0.1) is 26.0 Å². The van der Waals surface area contributed by atoms with E-state index in [0.717, 1.165) is 57.5 Å². The standard InChI is InChI=1S/C22H31FN4O3/c1-18(30-21-5-2-4-19(23)16-21)17-26-22(24-8-7-20-6-3-13-29-20)25-9-10-27-11-14-28-15-12-27/h2-6,13,16,18H,7-12,14-15,17H2,1H3,(H2,24,25,26). The Morgan fingerprint density at radius 2 is 2.03 bits per heavy atom. The summed E-state index contributed by atoms with van der Waals surface area (Å²) in [6.45, 7) is 8.28. The van der Waals surface area contributed by atoms with Crippen molar-refractivity contribution in [3.8, 4) is 5.75 Å². The smallest absolute Gasteiger partial charge is 0.191 e. The lowest BCUT2D eigenvalue weighted by Gasteiger charge is -2.26. The number of hydrogen-bond donors (Lipinski definition) is 2. The van der Waals surface area contributed by atoms with Crippen LogP contribution in [0, 0.1) is 5.82 Å². The molecule has 2 heterocycles. The van der Waals surface area contributed by atoms with Crippen LogP contribution in [-0.4, -0.2) is 69.4 Å². The van der Waals surface area contributed by atoms with Crippen LogP contribution in [0.5, 0.6) is 5.75 Å². The molecule has 1 aromatic carbocycles. The van der Waals surface area contributed by atoms with Crippen molar-refractivity contribution in [3.05, 3.63) is 54.2 Å². The Kier molecular flexibility index (Phi) is 8.99. The van der Waals surface area contributed by atoms with E-state index in [9.17, 15) is 4.39 Å². The molecule has 1 atom stereocenters. The third-order valence-electron chi connectivity index (χ3n) is 4.71. The van der Waals surface area contributed by atoms with E-state index < -0.39 is 0 Å². The van der Waals surface area contributed by atoms with Crippen LogP contribution in [-0.2, 0) is 11.2 Å². The molecule has 2 aromatic rings. The van der Waals surface area contributed by atoms with Gasteiger partial charge < -0.3 is 24.5 Å². The van der Waals surface area contributed by atoms with E-state index in [1.807, 2.05) is 19.1 Å². The molecule has 3 rings (SSSR count). The van der Waals surface area contributed by atoms with Gasteiger partial charge in [0.15, 0.2) is 5.96 Å². The van der Waals surface area contributed by atoms with Gasteiger partial charge in [-0.1, -0.05) is 6.07 Å². The van der Waals surface area contributed by atoms with Gasteiger partial charge >= 0.3 is 0 Å². The van der Waals surface area contributed by atoms with Gasteiger partial charge in [-0.25, -0.2) is 9.38 Å². The third kappa shape index (κ3) is 8.04. The molecule has 0 amide bonds. The summed E-state index contributed by atoms with van der Waals surface area (Å²) in [4.78, 5) is 7.01. The lowest BCUT2D eigenvalue weighted by Crippen LogP contribution is -2.45. The predicted octanol–water partition coefficient (Wildman–Crippen LogP) is 2.30. The Bertz CT molecular complexity index is 764. The van der Waals surface area contributed by atoms with Gasteiger partial charge in [-0.2, -0.15) is 0 Å². The van der Waals surface area contributed by atoms with E-state index in [0.29, 0.717) is 18.8 Å². The first-order chi connectivity index (χ1) is 14.7. The van der Waals surface area contributed by atoms with Crippen LogP contribution in [0.4, 0.5) is 4.39 Å². The number of hydrogen-bond acceptors (Lipinski definition) is 5. The number of rotatable bonds is 10. The molecule has 0 saturated carbocycles. The summed E-state index contributed by atoms with van der Waals surface area (Å²) >= 11 is 0. The Morgan fingerprint density at radius 3 is 2.80 bits per heavy atom. The fourth-order valence-electron chi connectivity index (χ4n) is 3.12. The lowest BCUT2D eigenvalue weighted by molar-refractivity contribution is 0.0389. The quantitative estimate of drug-likeness (QED) is 0.456. The van der Waals surface area contributed by atoms with Crippen molar-refractivity contribution < 1.29 is 18.3 Å². The second-order valence-electron chi connectivity index (χ2n) is 7.21. The summed E-state index contributed by atoms with van der Waals surface area (Å²) in [6, 6.07) is 10.00. The zero-order valence-corrected chi connectivity index (χ0v) is 17.5. The molecule has 0 aliphatic carbocycles. The fraction of sp³-hybridized carbons (Fsp3) is 0.500. The molecule has 0 radical (unpaired) electrons. The molecular weight excluding hydrogens is 387 g/mol. The maximum atomic E-state index is 13.3. The first-order valence-electron chi connectivity index (χ1n) is 10.5. The average Bonchev–Trinajstić information content (AvgIpc) is 3.26. The number of benzene rings is 1. The third-order valence-corrected chi connectivity index (χ3v) is 4.71. The largest absolute Gasteiger partial charge is 0.489 e. The highest BCUT2D eigenvalue weighted by molar-refractivity contribution is 5.79. The van der Waals surface area contributed by atoms with E-state index in [-0.39, 0.29) is 11.9 Å². The minimum absolute atomic E-state index is 0.185. The maximum Gasteiger partial charge on any atom is 0.191 e. The van der Waals surface area contributed by atoms with E-state index in [1.54, 1.807) is 18.4 Å². The van der Waals surface area contributed by atoms with Gasteiger partial charge in [0, 0.05) is 45.2 Å². The van der Waals surface area contributed by atoms with Crippen LogP contribution in [0.1, 0.15) is 12.7 Å². The first kappa shape index (κ1) is 22.1. The minimum Gasteiger partial charge on any atom is -0.489 e.